The highest BCUT2D eigenvalue weighted by Crippen LogP contribution is 1.47. The van der Waals surface area contributed by atoms with E-state index in [-0.39, 0.29) is 0 Å². The summed E-state index contributed by atoms with van der Waals surface area (Å²) >= 11 is 0. The number of nitriles is 1. The van der Waals surface area contributed by atoms with E-state index in [4.69, 9.17) is 5.26 Å². The Bertz CT molecular complexity index is 80.2. The van der Waals surface area contributed by atoms with Gasteiger partial charge in [-0.3, -0.25) is 4.21 Å². The smallest absolute Gasteiger partial charge is 0.0587 e. The Morgan fingerprint density at radius 1 is 1.57 bits per heavy atom. The minimum Gasteiger partial charge on any atom is -0.260 e. The fourth-order valence-corrected chi connectivity index (χ4v) is 0. The Morgan fingerprint density at radius 3 is 1.57 bits per heavy atom. The van der Waals surface area contributed by atoms with Crippen LogP contribution in [0.25, 0.3) is 0 Å². The summed E-state index contributed by atoms with van der Waals surface area (Å²) in [5.74, 6) is 0. The lowest BCUT2D eigenvalue weighted by Crippen LogP contribution is -1.70. The molecule has 3 heteroatoms. The molecule has 0 aliphatic rings. The molecule has 0 radical (unpaired) electrons. The molecule has 0 heterocycles. The summed E-state index contributed by atoms with van der Waals surface area (Å²) < 4.78 is 9.56. The Kier molecular flexibility index (Phi) is 12.8. The van der Waals surface area contributed by atoms with Gasteiger partial charge >= 0.3 is 0 Å². The van der Waals surface area contributed by atoms with Crippen molar-refractivity contribution in [2.45, 2.75) is 6.92 Å². The van der Waals surface area contributed by atoms with E-state index in [2.05, 4.69) is 0 Å². The van der Waals surface area contributed by atoms with Gasteiger partial charge in [-0.15, -0.1) is 0 Å². The maximum Gasteiger partial charge on any atom is 0.0587 e. The molecule has 0 aromatic rings. The normalized spacial score (nSPS) is 6.14. The van der Waals surface area contributed by atoms with Crippen LogP contribution in [0.15, 0.2) is 0 Å². The van der Waals surface area contributed by atoms with Crippen molar-refractivity contribution in [3.8, 4) is 6.07 Å². The van der Waals surface area contributed by atoms with Crippen LogP contribution in [0.4, 0.5) is 0 Å². The number of nitrogens with zero attached hydrogens (tertiary/aromatic N) is 1. The highest BCUT2D eigenvalue weighted by Gasteiger charge is 1.57. The van der Waals surface area contributed by atoms with Crippen molar-refractivity contribution in [2.75, 3.05) is 12.5 Å². The summed E-state index contributed by atoms with van der Waals surface area (Å²) in [6.45, 7) is 1.43. The first kappa shape index (κ1) is 9.81. The lowest BCUT2D eigenvalue weighted by atomic mass is 11.0. The van der Waals surface area contributed by atoms with Crippen molar-refractivity contribution >= 4 is 10.8 Å². The predicted octanol–water partition coefficient (Wildman–Crippen LogP) is 0.525. The summed E-state index contributed by atoms with van der Waals surface area (Å²) in [4.78, 5) is 0. The molecule has 0 rings (SSSR count). The Labute approximate surface area is 46.6 Å². The van der Waals surface area contributed by atoms with Gasteiger partial charge in [-0.1, -0.05) is 0 Å². The van der Waals surface area contributed by atoms with Crippen molar-refractivity contribution in [1.82, 2.24) is 0 Å². The SMILES string of the molecule is CC#N.CS(C)=O. The molecule has 0 saturated heterocycles. The third-order valence-corrected chi connectivity index (χ3v) is 0. The van der Waals surface area contributed by atoms with E-state index >= 15 is 0 Å². The summed E-state index contributed by atoms with van der Waals surface area (Å²) in [7, 11) is -0.611. The molecular formula is C4H9NOS. The first-order valence-electron chi connectivity index (χ1n) is 1.71. The summed E-state index contributed by atoms with van der Waals surface area (Å²) in [6, 6.07) is 1.75. The van der Waals surface area contributed by atoms with Crippen LogP contribution in [-0.2, 0) is 10.8 Å². The monoisotopic (exact) mass is 119 g/mol. The fraction of sp³-hybridized carbons (Fsp3) is 0.750. The maximum atomic E-state index is 9.56. The van der Waals surface area contributed by atoms with E-state index in [1.54, 1.807) is 18.6 Å². The van der Waals surface area contributed by atoms with Gasteiger partial charge in [0.05, 0.1) is 6.07 Å². The van der Waals surface area contributed by atoms with Crippen molar-refractivity contribution in [1.29, 1.82) is 5.26 Å². The Hall–Kier alpha value is -0.360. The van der Waals surface area contributed by atoms with E-state index in [9.17, 15) is 4.21 Å². The topological polar surface area (TPSA) is 40.9 Å². The van der Waals surface area contributed by atoms with Crippen LogP contribution in [0.5, 0.6) is 0 Å². The minimum atomic E-state index is -0.611. The van der Waals surface area contributed by atoms with Gasteiger partial charge < -0.3 is 0 Å². The molecule has 0 amide bonds. The van der Waals surface area contributed by atoms with Gasteiger partial charge in [0.2, 0.25) is 0 Å². The molecule has 0 aliphatic carbocycles. The zero-order chi connectivity index (χ0) is 6.28. The highest BCUT2D eigenvalue weighted by atomic mass is 32.2. The third kappa shape index (κ3) is 577. The van der Waals surface area contributed by atoms with Gasteiger partial charge in [-0.25, -0.2) is 0 Å². The van der Waals surface area contributed by atoms with Gasteiger partial charge in [0, 0.05) is 30.2 Å². The van der Waals surface area contributed by atoms with E-state index in [1.165, 1.54) is 6.92 Å². The molecule has 0 atom stereocenters. The van der Waals surface area contributed by atoms with Crippen LogP contribution in [0.2, 0.25) is 0 Å². The van der Waals surface area contributed by atoms with E-state index < -0.39 is 10.8 Å². The number of hydrogen-bond donors (Lipinski definition) is 0. The highest BCUT2D eigenvalue weighted by molar-refractivity contribution is 7.83. The van der Waals surface area contributed by atoms with Crippen molar-refractivity contribution in [3.63, 3.8) is 0 Å². The molecule has 0 unspecified atom stereocenters. The van der Waals surface area contributed by atoms with Crippen LogP contribution < -0.4 is 0 Å². The zero-order valence-electron chi connectivity index (χ0n) is 4.76. The first-order chi connectivity index (χ1) is 3.15. The molecule has 42 valence electrons. The number of rotatable bonds is 0. The molecule has 0 spiro atoms. The average Bonchev–Trinajstić information content (AvgIpc) is 1.33. The Morgan fingerprint density at radius 2 is 1.57 bits per heavy atom. The van der Waals surface area contributed by atoms with Crippen molar-refractivity contribution in [3.05, 3.63) is 0 Å². The minimum absolute atomic E-state index is 0.611. The van der Waals surface area contributed by atoms with Crippen LogP contribution >= 0.6 is 0 Å². The second-order valence-corrected chi connectivity index (χ2v) is 2.45. The lowest BCUT2D eigenvalue weighted by molar-refractivity contribution is 0.690. The van der Waals surface area contributed by atoms with Gasteiger partial charge in [0.25, 0.3) is 0 Å². The van der Waals surface area contributed by atoms with Gasteiger partial charge in [0.15, 0.2) is 0 Å². The lowest BCUT2D eigenvalue weighted by Gasteiger charge is -1.60. The van der Waals surface area contributed by atoms with Crippen molar-refractivity contribution < 1.29 is 4.21 Å². The van der Waals surface area contributed by atoms with E-state index in [0.29, 0.717) is 0 Å². The van der Waals surface area contributed by atoms with Crippen LogP contribution in [-0.4, -0.2) is 16.7 Å². The predicted molar refractivity (Wildman–Crippen MR) is 31.3 cm³/mol. The van der Waals surface area contributed by atoms with Gasteiger partial charge in [0.1, 0.15) is 0 Å². The van der Waals surface area contributed by atoms with Crippen molar-refractivity contribution in [2.24, 2.45) is 0 Å². The first-order valence-corrected chi connectivity index (χ1v) is 3.67. The van der Waals surface area contributed by atoms with E-state index in [0.717, 1.165) is 0 Å². The number of hydrogen-bond acceptors (Lipinski definition) is 2. The standard InChI is InChI=1S/C2H3N.C2H6OS/c1-2-3;1-4(2)3/h1H3;1-2H3. The molecule has 0 fully saturated rings. The van der Waals surface area contributed by atoms with Crippen LogP contribution in [0.1, 0.15) is 6.92 Å². The summed E-state index contributed by atoms with van der Waals surface area (Å²) in [6.07, 6.45) is 3.28. The van der Waals surface area contributed by atoms with Gasteiger partial charge in [-0.2, -0.15) is 5.26 Å². The third-order valence-electron chi connectivity index (χ3n) is 0. The molecule has 0 aromatic carbocycles. The second-order valence-electron chi connectivity index (χ2n) is 0.965. The van der Waals surface area contributed by atoms with Crippen LogP contribution in [0, 0.1) is 11.3 Å². The van der Waals surface area contributed by atoms with E-state index in [1.807, 2.05) is 0 Å². The second kappa shape index (κ2) is 9.16. The summed E-state index contributed by atoms with van der Waals surface area (Å²) in [5, 5.41) is 7.32. The molecular weight excluding hydrogens is 110 g/mol. The fourth-order valence-electron chi connectivity index (χ4n) is 0. The summed E-state index contributed by atoms with van der Waals surface area (Å²) in [5.41, 5.74) is 0. The quantitative estimate of drug-likeness (QED) is 0.466. The molecule has 0 aromatic heterocycles. The molecule has 0 N–H and O–H groups in total. The average molecular weight is 119 g/mol. The molecule has 0 aliphatic heterocycles. The van der Waals surface area contributed by atoms with Gasteiger partial charge in [-0.05, 0) is 0 Å². The Balaban J connectivity index is 0. The molecule has 2 nitrogen and oxygen atoms in total. The largest absolute Gasteiger partial charge is 0.260 e. The van der Waals surface area contributed by atoms with Crippen LogP contribution in [0.3, 0.4) is 0 Å². The zero-order valence-corrected chi connectivity index (χ0v) is 5.58. The molecule has 0 bridgehead atoms. The maximum absolute atomic E-state index is 9.56. The molecule has 0 saturated carbocycles. The molecule has 7 heavy (non-hydrogen) atoms.